The number of Topliss-reactive ketones (excluding diaryl/α,β-unsaturated/α-hetero) is 1. The second-order valence-corrected chi connectivity index (χ2v) is 14.9. The Balaban J connectivity index is 1.76. The summed E-state index contributed by atoms with van der Waals surface area (Å²) in [7, 11) is 0. The van der Waals surface area contributed by atoms with Crippen molar-refractivity contribution in [2.75, 3.05) is 26.3 Å². The smallest absolute Gasteiger partial charge is 0.315 e. The van der Waals surface area contributed by atoms with E-state index in [2.05, 4.69) is 16.0 Å². The minimum atomic E-state index is -1.14. The molecule has 0 aromatic rings. The Labute approximate surface area is 265 Å². The van der Waals surface area contributed by atoms with Crippen LogP contribution in [0.15, 0.2) is 0 Å². The maximum Gasteiger partial charge on any atom is 0.315 e. The first-order valence-electron chi connectivity index (χ1n) is 15.9. The van der Waals surface area contributed by atoms with Crippen LogP contribution in [0, 0.1) is 22.7 Å². The molecule has 14 nitrogen and oxygen atoms in total. The third-order valence-electron chi connectivity index (χ3n) is 9.21. The molecule has 0 bridgehead atoms. The van der Waals surface area contributed by atoms with Gasteiger partial charge in [0, 0.05) is 13.1 Å². The van der Waals surface area contributed by atoms with Crippen molar-refractivity contribution in [3.05, 3.63) is 0 Å². The van der Waals surface area contributed by atoms with Gasteiger partial charge in [0.1, 0.15) is 18.7 Å². The van der Waals surface area contributed by atoms with Gasteiger partial charge in [-0.3, -0.25) is 24.0 Å². The van der Waals surface area contributed by atoms with Crippen LogP contribution in [0.4, 0.5) is 4.79 Å². The van der Waals surface area contributed by atoms with Gasteiger partial charge in [-0.2, -0.15) is 0 Å². The van der Waals surface area contributed by atoms with Gasteiger partial charge in [0.15, 0.2) is 6.23 Å². The summed E-state index contributed by atoms with van der Waals surface area (Å²) in [6, 6.07) is -4.23. The van der Waals surface area contributed by atoms with Crippen LogP contribution in [0.25, 0.3) is 0 Å². The van der Waals surface area contributed by atoms with Gasteiger partial charge in [-0.1, -0.05) is 67.7 Å². The average molecular weight is 637 g/mol. The number of likely N-dealkylation sites (tertiary alicyclic amines) is 1. The first-order chi connectivity index (χ1) is 20.8. The average Bonchev–Trinajstić information content (AvgIpc) is 3.29. The summed E-state index contributed by atoms with van der Waals surface area (Å²) in [5.41, 5.74) is 3.99. The minimum Gasteiger partial charge on any atom is -0.371 e. The maximum atomic E-state index is 14.1. The molecule has 3 rings (SSSR count). The van der Waals surface area contributed by atoms with E-state index in [1.165, 1.54) is 9.80 Å². The summed E-state index contributed by atoms with van der Waals surface area (Å²) < 4.78 is 5.09. The summed E-state index contributed by atoms with van der Waals surface area (Å²) in [5, 5.41) is 18.7. The number of ketones is 1. The molecule has 2 heterocycles. The first kappa shape index (κ1) is 36.2. The van der Waals surface area contributed by atoms with Gasteiger partial charge in [0.25, 0.3) is 11.8 Å². The van der Waals surface area contributed by atoms with Gasteiger partial charge in [0.2, 0.25) is 17.6 Å². The number of nitrogens with two attached hydrogens (primary N) is 1. The topological polar surface area (TPSA) is 200 Å². The van der Waals surface area contributed by atoms with Gasteiger partial charge in [0.05, 0.1) is 18.7 Å². The van der Waals surface area contributed by atoms with Crippen molar-refractivity contribution in [3.8, 4) is 0 Å². The van der Waals surface area contributed by atoms with Crippen molar-refractivity contribution in [2.45, 2.75) is 111 Å². The molecule has 6 atom stereocenters. The van der Waals surface area contributed by atoms with E-state index in [-0.39, 0.29) is 38.1 Å². The molecule has 0 radical (unpaired) electrons. The van der Waals surface area contributed by atoms with Crippen molar-refractivity contribution in [1.29, 1.82) is 0 Å². The minimum absolute atomic E-state index is 0.0313. The number of ether oxygens (including phenoxy) is 1. The summed E-state index contributed by atoms with van der Waals surface area (Å²) in [5.74, 6) is -3.38. The molecule has 0 aromatic heterocycles. The van der Waals surface area contributed by atoms with Crippen LogP contribution < -0.4 is 21.7 Å². The summed E-state index contributed by atoms with van der Waals surface area (Å²) in [4.78, 5) is 80.6. The Morgan fingerprint density at radius 1 is 1.00 bits per heavy atom. The standard InChI is InChI=1S/C31H52N6O8/c1-17-11-12-36(23(17)27(42)33-19(24(40)26(32)41)13-18-9-8-10-18)28(43)25(31(5,6)7)35-29(44)34-20(30(2,3)4)14-37-21(38)15-45-16-22(37)39/h17-21,23,25,38H,8-16H2,1-7H3,(H2,32,41)(H,33,42)(H2,34,35,44)/t17-,19?,20+,21?,23-,25+/m0/s1. The van der Waals surface area contributed by atoms with E-state index >= 15 is 0 Å². The molecule has 14 heteroatoms. The fraction of sp³-hybridized carbons (Fsp3) is 0.806. The fourth-order valence-electron chi connectivity index (χ4n) is 6.01. The number of aliphatic hydroxyl groups excluding tert-OH is 1. The Bertz CT molecular complexity index is 1140. The molecule has 0 aromatic carbocycles. The zero-order valence-electron chi connectivity index (χ0n) is 27.7. The number of primary amides is 1. The number of hydrogen-bond acceptors (Lipinski definition) is 8. The number of morpholine rings is 1. The number of amides is 6. The van der Waals surface area contributed by atoms with E-state index in [0.717, 1.165) is 19.3 Å². The molecule has 1 saturated carbocycles. The number of nitrogens with one attached hydrogen (secondary N) is 3. The van der Waals surface area contributed by atoms with Crippen molar-refractivity contribution in [1.82, 2.24) is 25.8 Å². The van der Waals surface area contributed by atoms with E-state index in [1.807, 2.05) is 27.7 Å². The second kappa shape index (κ2) is 14.4. The summed E-state index contributed by atoms with van der Waals surface area (Å²) in [6.07, 6.45) is 2.54. The molecule has 6 amide bonds. The molecule has 254 valence electrons. The first-order valence-corrected chi connectivity index (χ1v) is 15.9. The number of aliphatic hydroxyl groups is 1. The fourth-order valence-corrected chi connectivity index (χ4v) is 6.01. The maximum absolute atomic E-state index is 14.1. The zero-order valence-corrected chi connectivity index (χ0v) is 27.7. The lowest BCUT2D eigenvalue weighted by Gasteiger charge is -2.40. The SMILES string of the molecule is C[C@H]1CCN(C(=O)[C@@H](NC(=O)N[C@H](CN2C(=O)COCC2O)C(C)(C)C)C(C)(C)C)[C@@H]1C(=O)NC(CC1CCC1)C(=O)C(N)=O. The Hall–Kier alpha value is -3.26. The van der Waals surface area contributed by atoms with E-state index in [4.69, 9.17) is 10.5 Å². The lowest BCUT2D eigenvalue weighted by molar-refractivity contribution is -0.166. The lowest BCUT2D eigenvalue weighted by atomic mass is 9.80. The highest BCUT2D eigenvalue weighted by molar-refractivity contribution is 6.37. The molecule has 45 heavy (non-hydrogen) atoms. The van der Waals surface area contributed by atoms with E-state index in [9.17, 15) is 33.9 Å². The Morgan fingerprint density at radius 3 is 2.16 bits per heavy atom. The molecular formula is C31H52N6O8. The summed E-state index contributed by atoms with van der Waals surface area (Å²) >= 11 is 0. The Morgan fingerprint density at radius 2 is 1.64 bits per heavy atom. The number of urea groups is 1. The molecule has 2 saturated heterocycles. The predicted molar refractivity (Wildman–Crippen MR) is 164 cm³/mol. The molecule has 3 aliphatic rings. The highest BCUT2D eigenvalue weighted by Crippen LogP contribution is 2.32. The molecular weight excluding hydrogens is 584 g/mol. The van der Waals surface area contributed by atoms with Crippen LogP contribution in [-0.4, -0.2) is 107 Å². The molecule has 3 fully saturated rings. The van der Waals surface area contributed by atoms with Crippen molar-refractivity contribution < 1.29 is 38.6 Å². The van der Waals surface area contributed by atoms with Crippen LogP contribution in [-0.2, 0) is 28.7 Å². The van der Waals surface area contributed by atoms with Crippen LogP contribution in [0.3, 0.4) is 0 Å². The number of rotatable bonds is 11. The Kier molecular flexibility index (Phi) is 11.6. The number of nitrogens with zero attached hydrogens (tertiary/aromatic N) is 2. The molecule has 1 aliphatic carbocycles. The van der Waals surface area contributed by atoms with Crippen LogP contribution >= 0.6 is 0 Å². The van der Waals surface area contributed by atoms with Crippen LogP contribution in [0.2, 0.25) is 0 Å². The van der Waals surface area contributed by atoms with E-state index < -0.39 is 76.7 Å². The van der Waals surface area contributed by atoms with Gasteiger partial charge >= 0.3 is 6.03 Å². The highest BCUT2D eigenvalue weighted by atomic mass is 16.5. The van der Waals surface area contributed by atoms with Crippen molar-refractivity contribution in [2.24, 2.45) is 28.4 Å². The van der Waals surface area contributed by atoms with Gasteiger partial charge < -0.3 is 41.3 Å². The van der Waals surface area contributed by atoms with Crippen LogP contribution in [0.5, 0.6) is 0 Å². The molecule has 6 N–H and O–H groups in total. The quantitative estimate of drug-likeness (QED) is 0.199. The zero-order chi connectivity index (χ0) is 33.9. The molecule has 2 aliphatic heterocycles. The normalized spacial score (nSPS) is 24.7. The van der Waals surface area contributed by atoms with Crippen LogP contribution in [0.1, 0.15) is 80.6 Å². The van der Waals surface area contributed by atoms with Gasteiger partial charge in [-0.05, 0) is 35.5 Å². The molecule has 0 spiro atoms. The van der Waals surface area contributed by atoms with Crippen molar-refractivity contribution in [3.63, 3.8) is 0 Å². The van der Waals surface area contributed by atoms with Gasteiger partial charge in [-0.25, -0.2) is 4.79 Å². The number of hydrogen-bond donors (Lipinski definition) is 5. The number of carbonyl (C=O) groups excluding carboxylic acids is 6. The third-order valence-corrected chi connectivity index (χ3v) is 9.21. The molecule has 2 unspecified atom stereocenters. The second-order valence-electron chi connectivity index (χ2n) is 14.9. The van der Waals surface area contributed by atoms with Crippen molar-refractivity contribution >= 4 is 35.4 Å². The van der Waals surface area contributed by atoms with Gasteiger partial charge in [-0.15, -0.1) is 0 Å². The largest absolute Gasteiger partial charge is 0.371 e. The lowest BCUT2D eigenvalue weighted by Crippen LogP contribution is -2.63. The number of carbonyl (C=O) groups is 6. The predicted octanol–water partition coefficient (Wildman–Crippen LogP) is 0.259. The monoisotopic (exact) mass is 636 g/mol. The van der Waals surface area contributed by atoms with E-state index in [0.29, 0.717) is 12.8 Å². The highest BCUT2D eigenvalue weighted by Gasteiger charge is 2.46. The summed E-state index contributed by atoms with van der Waals surface area (Å²) in [6.45, 7) is 13.0. The third kappa shape index (κ3) is 9.15. The van der Waals surface area contributed by atoms with E-state index in [1.54, 1.807) is 20.8 Å².